The van der Waals surface area contributed by atoms with Crippen molar-refractivity contribution < 1.29 is 19.5 Å². The fourth-order valence-electron chi connectivity index (χ4n) is 2.13. The average molecular weight is 288 g/mol. The molecule has 1 aliphatic heterocycles. The van der Waals surface area contributed by atoms with Gasteiger partial charge in [-0.3, -0.25) is 9.59 Å². The van der Waals surface area contributed by atoms with Gasteiger partial charge < -0.3 is 14.9 Å². The van der Waals surface area contributed by atoms with E-state index in [1.54, 1.807) is 19.2 Å². The second-order valence-electron chi connectivity index (χ2n) is 4.82. The predicted molar refractivity (Wildman–Crippen MR) is 76.2 cm³/mol. The maximum Gasteiger partial charge on any atom is 0.328 e. The van der Waals surface area contributed by atoms with E-state index in [4.69, 9.17) is 5.11 Å². The number of carbonyl (C=O) groups excluding carboxylic acids is 2. The summed E-state index contributed by atoms with van der Waals surface area (Å²) in [6, 6.07) is 7.20. The first kappa shape index (κ1) is 14.8. The number of nitrogens with zero attached hydrogens (tertiary/aromatic N) is 2. The fraction of sp³-hybridized carbons (Fsp3) is 0.267. The summed E-state index contributed by atoms with van der Waals surface area (Å²) in [6.45, 7) is 1.26. The molecule has 1 fully saturated rings. The Hall–Kier alpha value is -2.63. The van der Waals surface area contributed by atoms with E-state index in [0.717, 1.165) is 17.2 Å². The zero-order valence-corrected chi connectivity index (χ0v) is 11.7. The number of hydrogen-bond acceptors (Lipinski definition) is 3. The summed E-state index contributed by atoms with van der Waals surface area (Å²) >= 11 is 0. The van der Waals surface area contributed by atoms with Crippen molar-refractivity contribution >= 4 is 23.9 Å². The Balaban J connectivity index is 2.18. The average Bonchev–Trinajstić information content (AvgIpc) is 2.47. The Labute approximate surface area is 122 Å². The first-order valence-electron chi connectivity index (χ1n) is 6.52. The van der Waals surface area contributed by atoms with Gasteiger partial charge in [-0.1, -0.05) is 24.3 Å². The van der Waals surface area contributed by atoms with E-state index in [-0.39, 0.29) is 0 Å². The highest BCUT2D eigenvalue weighted by Gasteiger charge is 2.30. The zero-order chi connectivity index (χ0) is 15.4. The van der Waals surface area contributed by atoms with Crippen molar-refractivity contribution in [2.24, 2.45) is 0 Å². The van der Waals surface area contributed by atoms with Gasteiger partial charge in [0, 0.05) is 32.8 Å². The maximum atomic E-state index is 11.9. The van der Waals surface area contributed by atoms with Crippen molar-refractivity contribution in [3.63, 3.8) is 0 Å². The summed E-state index contributed by atoms with van der Waals surface area (Å²) in [7, 11) is 1.60. The summed E-state index contributed by atoms with van der Waals surface area (Å²) < 4.78 is 0. The fourth-order valence-corrected chi connectivity index (χ4v) is 2.13. The zero-order valence-electron chi connectivity index (χ0n) is 11.7. The number of benzene rings is 1. The number of likely N-dealkylation sites (N-methyl/N-ethyl adjacent to an activating group) is 1. The summed E-state index contributed by atoms with van der Waals surface area (Å²) in [6.07, 6.45) is 2.54. The minimum atomic E-state index is -1.03. The number of piperazine rings is 1. The van der Waals surface area contributed by atoms with Gasteiger partial charge in [-0.15, -0.1) is 0 Å². The molecule has 1 aromatic carbocycles. The number of carbonyl (C=O) groups is 3. The highest BCUT2D eigenvalue weighted by atomic mass is 16.4. The summed E-state index contributed by atoms with van der Waals surface area (Å²) in [4.78, 5) is 37.1. The normalized spacial score (nSPS) is 15.9. The van der Waals surface area contributed by atoms with Crippen LogP contribution < -0.4 is 0 Å². The molecule has 6 heteroatoms. The van der Waals surface area contributed by atoms with Crippen LogP contribution in [0.1, 0.15) is 11.1 Å². The number of hydrogen-bond donors (Lipinski definition) is 1. The third kappa shape index (κ3) is 3.47. The molecule has 1 aliphatic rings. The van der Waals surface area contributed by atoms with E-state index in [2.05, 4.69) is 0 Å². The third-order valence-electron chi connectivity index (χ3n) is 3.34. The second-order valence-corrected chi connectivity index (χ2v) is 4.82. The molecule has 1 aromatic rings. The van der Waals surface area contributed by atoms with Gasteiger partial charge in [0.05, 0.1) is 0 Å². The van der Waals surface area contributed by atoms with Crippen LogP contribution in [-0.2, 0) is 20.9 Å². The molecule has 0 spiro atoms. The van der Waals surface area contributed by atoms with Gasteiger partial charge in [0.2, 0.25) is 0 Å². The molecule has 0 aromatic heterocycles. The number of aliphatic carboxylic acids is 1. The van der Waals surface area contributed by atoms with Crippen LogP contribution in [0, 0.1) is 0 Å². The van der Waals surface area contributed by atoms with Crippen LogP contribution in [0.2, 0.25) is 0 Å². The smallest absolute Gasteiger partial charge is 0.328 e. The second kappa shape index (κ2) is 6.21. The number of amides is 2. The number of carboxylic acids is 1. The van der Waals surface area contributed by atoms with Gasteiger partial charge in [0.15, 0.2) is 0 Å². The van der Waals surface area contributed by atoms with Gasteiger partial charge in [-0.2, -0.15) is 0 Å². The van der Waals surface area contributed by atoms with Gasteiger partial charge >= 0.3 is 17.8 Å². The van der Waals surface area contributed by atoms with Gasteiger partial charge in [-0.25, -0.2) is 4.79 Å². The van der Waals surface area contributed by atoms with Gasteiger partial charge in [-0.05, 0) is 17.2 Å². The van der Waals surface area contributed by atoms with Crippen molar-refractivity contribution in [1.29, 1.82) is 0 Å². The number of carboxylic acid groups (broad SMARTS) is 1. The molecule has 0 atom stereocenters. The van der Waals surface area contributed by atoms with Crippen molar-refractivity contribution in [1.82, 2.24) is 9.80 Å². The van der Waals surface area contributed by atoms with Crippen LogP contribution in [0.25, 0.3) is 6.08 Å². The minimum Gasteiger partial charge on any atom is -0.478 e. The molecule has 2 amide bonds. The molecule has 0 bridgehead atoms. The summed E-state index contributed by atoms with van der Waals surface area (Å²) in [5.41, 5.74) is 1.53. The quantitative estimate of drug-likeness (QED) is 0.649. The van der Waals surface area contributed by atoms with Crippen LogP contribution in [0.15, 0.2) is 30.3 Å². The van der Waals surface area contributed by atoms with E-state index in [1.165, 1.54) is 15.9 Å². The molecule has 1 saturated heterocycles. The molecular formula is C15H16N2O4. The monoisotopic (exact) mass is 288 g/mol. The van der Waals surface area contributed by atoms with Crippen LogP contribution in [0.4, 0.5) is 0 Å². The standard InChI is InChI=1S/C15H16N2O4/c1-16-8-9-17(15(21)14(16)20)10-12-5-3-2-4-11(12)6-7-13(18)19/h2-7H,8-10H2,1H3,(H,18,19). The molecule has 1 heterocycles. The van der Waals surface area contributed by atoms with Crippen molar-refractivity contribution in [3.8, 4) is 0 Å². The molecule has 21 heavy (non-hydrogen) atoms. The van der Waals surface area contributed by atoms with E-state index in [1.807, 2.05) is 12.1 Å². The molecule has 1 N–H and O–H groups in total. The highest BCUT2D eigenvalue weighted by Crippen LogP contribution is 2.15. The van der Waals surface area contributed by atoms with E-state index < -0.39 is 17.8 Å². The maximum absolute atomic E-state index is 11.9. The predicted octanol–water partition coefficient (Wildman–Crippen LogP) is 0.585. The lowest BCUT2D eigenvalue weighted by atomic mass is 10.1. The Morgan fingerprint density at radius 3 is 2.67 bits per heavy atom. The van der Waals surface area contributed by atoms with Crippen molar-refractivity contribution in [3.05, 3.63) is 41.5 Å². The van der Waals surface area contributed by atoms with E-state index >= 15 is 0 Å². The van der Waals surface area contributed by atoms with Crippen LogP contribution in [0.5, 0.6) is 0 Å². The topological polar surface area (TPSA) is 77.9 Å². The summed E-state index contributed by atoms with van der Waals surface area (Å²) in [5.74, 6) is -2.07. The molecule has 0 radical (unpaired) electrons. The molecular weight excluding hydrogens is 272 g/mol. The summed E-state index contributed by atoms with van der Waals surface area (Å²) in [5, 5.41) is 8.69. The van der Waals surface area contributed by atoms with E-state index in [0.29, 0.717) is 19.6 Å². The number of rotatable bonds is 4. The Morgan fingerprint density at radius 2 is 1.95 bits per heavy atom. The van der Waals surface area contributed by atoms with E-state index in [9.17, 15) is 14.4 Å². The van der Waals surface area contributed by atoms with Gasteiger partial charge in [0.25, 0.3) is 0 Å². The Morgan fingerprint density at radius 1 is 1.24 bits per heavy atom. The minimum absolute atomic E-state index is 0.290. The van der Waals surface area contributed by atoms with Crippen LogP contribution in [-0.4, -0.2) is 52.8 Å². The molecule has 0 unspecified atom stereocenters. The van der Waals surface area contributed by atoms with Crippen LogP contribution >= 0.6 is 0 Å². The van der Waals surface area contributed by atoms with Gasteiger partial charge in [0.1, 0.15) is 0 Å². The largest absolute Gasteiger partial charge is 0.478 e. The Bertz CT molecular complexity index is 609. The SMILES string of the molecule is CN1CCN(Cc2ccccc2C=CC(=O)O)C(=O)C1=O. The van der Waals surface area contributed by atoms with Crippen LogP contribution in [0.3, 0.4) is 0 Å². The third-order valence-corrected chi connectivity index (χ3v) is 3.34. The first-order valence-corrected chi connectivity index (χ1v) is 6.52. The van der Waals surface area contributed by atoms with Crippen molar-refractivity contribution in [2.75, 3.05) is 20.1 Å². The molecule has 110 valence electrons. The lowest BCUT2D eigenvalue weighted by molar-refractivity contribution is -0.155. The Kier molecular flexibility index (Phi) is 4.37. The molecule has 2 rings (SSSR count). The van der Waals surface area contributed by atoms with Crippen molar-refractivity contribution in [2.45, 2.75) is 6.54 Å². The lowest BCUT2D eigenvalue weighted by Crippen LogP contribution is -2.52. The molecule has 0 saturated carbocycles. The first-order chi connectivity index (χ1) is 9.99. The highest BCUT2D eigenvalue weighted by molar-refractivity contribution is 6.35. The lowest BCUT2D eigenvalue weighted by Gasteiger charge is -2.31. The molecule has 6 nitrogen and oxygen atoms in total. The molecule has 0 aliphatic carbocycles.